The summed E-state index contributed by atoms with van der Waals surface area (Å²) in [7, 11) is 3.15. The molecule has 1 aromatic rings. The second-order valence-corrected chi connectivity index (χ2v) is 3.91. The van der Waals surface area contributed by atoms with Gasteiger partial charge in [-0.05, 0) is 24.6 Å². The molecule has 0 bridgehead atoms. The van der Waals surface area contributed by atoms with Gasteiger partial charge in [0.2, 0.25) is 5.91 Å². The quantitative estimate of drug-likeness (QED) is 0.759. The van der Waals surface area contributed by atoms with Gasteiger partial charge < -0.3 is 19.9 Å². The summed E-state index contributed by atoms with van der Waals surface area (Å²) in [6.07, 6.45) is 1.47. The summed E-state index contributed by atoms with van der Waals surface area (Å²) in [5.74, 6) is 1.09. The maximum Gasteiger partial charge on any atom is 0.244 e. The Labute approximate surface area is 112 Å². The highest BCUT2D eigenvalue weighted by Gasteiger charge is 2.08. The first-order valence-corrected chi connectivity index (χ1v) is 5.91. The summed E-state index contributed by atoms with van der Waals surface area (Å²) in [4.78, 5) is 11.5. The van der Waals surface area contributed by atoms with Crippen molar-refractivity contribution in [3.63, 3.8) is 0 Å². The zero-order chi connectivity index (χ0) is 14.3. The third-order valence-corrected chi connectivity index (χ3v) is 2.59. The van der Waals surface area contributed by atoms with Crippen LogP contribution in [0.25, 0.3) is 5.57 Å². The van der Waals surface area contributed by atoms with E-state index < -0.39 is 0 Å². The summed E-state index contributed by atoms with van der Waals surface area (Å²) in [6.45, 7) is 1.98. The molecule has 0 radical (unpaired) electrons. The minimum atomic E-state index is -0.246. The maximum atomic E-state index is 11.5. The molecule has 1 amide bonds. The van der Waals surface area contributed by atoms with Crippen LogP contribution < -0.4 is 14.8 Å². The Morgan fingerprint density at radius 3 is 2.68 bits per heavy atom. The third-order valence-electron chi connectivity index (χ3n) is 2.59. The summed E-state index contributed by atoms with van der Waals surface area (Å²) < 4.78 is 10.4. The first kappa shape index (κ1) is 15.0. The lowest BCUT2D eigenvalue weighted by Gasteiger charge is -2.10. The molecular weight excluding hydrogens is 246 g/mol. The second-order valence-electron chi connectivity index (χ2n) is 3.91. The number of nitrogens with one attached hydrogen (secondary N) is 1. The SMILES string of the molecule is COc1ccc(/C(C)=C/C(=O)NCCO)c(OC)c1. The van der Waals surface area contributed by atoms with Gasteiger partial charge in [0.15, 0.2) is 0 Å². The van der Waals surface area contributed by atoms with Crippen LogP contribution in [0.3, 0.4) is 0 Å². The number of carbonyl (C=O) groups is 1. The highest BCUT2D eigenvalue weighted by Crippen LogP contribution is 2.29. The number of aliphatic hydroxyl groups is 1. The number of amides is 1. The van der Waals surface area contributed by atoms with Gasteiger partial charge in [-0.3, -0.25) is 4.79 Å². The molecule has 1 rings (SSSR count). The Morgan fingerprint density at radius 2 is 2.11 bits per heavy atom. The van der Waals surface area contributed by atoms with E-state index in [0.29, 0.717) is 11.5 Å². The molecule has 0 aromatic heterocycles. The molecule has 5 nitrogen and oxygen atoms in total. The van der Waals surface area contributed by atoms with Gasteiger partial charge in [0.25, 0.3) is 0 Å². The van der Waals surface area contributed by atoms with Gasteiger partial charge in [-0.2, -0.15) is 0 Å². The first-order valence-electron chi connectivity index (χ1n) is 5.91. The van der Waals surface area contributed by atoms with Crippen LogP contribution in [-0.2, 0) is 4.79 Å². The van der Waals surface area contributed by atoms with Crippen LogP contribution in [0.2, 0.25) is 0 Å². The van der Waals surface area contributed by atoms with E-state index in [-0.39, 0.29) is 19.1 Å². The lowest BCUT2D eigenvalue weighted by molar-refractivity contribution is -0.116. The third kappa shape index (κ3) is 4.30. The maximum absolute atomic E-state index is 11.5. The second kappa shape index (κ2) is 7.43. The number of carbonyl (C=O) groups excluding carboxylic acids is 1. The number of rotatable bonds is 6. The van der Waals surface area contributed by atoms with Crippen molar-refractivity contribution in [1.82, 2.24) is 5.32 Å². The van der Waals surface area contributed by atoms with Crippen molar-refractivity contribution in [3.05, 3.63) is 29.8 Å². The monoisotopic (exact) mass is 265 g/mol. The van der Waals surface area contributed by atoms with Crippen LogP contribution in [0.4, 0.5) is 0 Å². The smallest absolute Gasteiger partial charge is 0.244 e. The van der Waals surface area contributed by atoms with E-state index in [1.165, 1.54) is 6.08 Å². The normalized spacial score (nSPS) is 11.1. The standard InChI is InChI=1S/C14H19NO4/c1-10(8-14(17)15-6-7-16)12-5-4-11(18-2)9-13(12)19-3/h4-5,8-9,16H,6-7H2,1-3H3,(H,15,17)/b10-8+. The summed E-state index contributed by atoms with van der Waals surface area (Å²) in [5, 5.41) is 11.2. The summed E-state index contributed by atoms with van der Waals surface area (Å²) >= 11 is 0. The minimum Gasteiger partial charge on any atom is -0.497 e. The number of benzene rings is 1. The topological polar surface area (TPSA) is 67.8 Å². The molecule has 0 spiro atoms. The van der Waals surface area contributed by atoms with Crippen molar-refractivity contribution in [1.29, 1.82) is 0 Å². The van der Waals surface area contributed by atoms with Crippen LogP contribution in [0.5, 0.6) is 11.5 Å². The van der Waals surface area contributed by atoms with E-state index >= 15 is 0 Å². The number of allylic oxidation sites excluding steroid dienone is 1. The average molecular weight is 265 g/mol. The minimum absolute atomic E-state index is 0.0789. The van der Waals surface area contributed by atoms with Gasteiger partial charge in [0.05, 0.1) is 20.8 Å². The molecule has 0 fully saturated rings. The summed E-state index contributed by atoms with van der Waals surface area (Å²) in [5.41, 5.74) is 1.59. The Balaban J connectivity index is 2.95. The van der Waals surface area contributed by atoms with Crippen molar-refractivity contribution in [2.45, 2.75) is 6.92 Å². The van der Waals surface area contributed by atoms with E-state index in [9.17, 15) is 4.79 Å². The molecular formula is C14H19NO4. The average Bonchev–Trinajstić information content (AvgIpc) is 2.44. The van der Waals surface area contributed by atoms with Gasteiger partial charge in [0, 0.05) is 24.3 Å². The molecule has 0 aliphatic heterocycles. The highest BCUT2D eigenvalue weighted by atomic mass is 16.5. The van der Waals surface area contributed by atoms with Crippen LogP contribution >= 0.6 is 0 Å². The zero-order valence-electron chi connectivity index (χ0n) is 11.4. The number of hydrogen-bond donors (Lipinski definition) is 2. The van der Waals surface area contributed by atoms with E-state index in [1.807, 2.05) is 13.0 Å². The van der Waals surface area contributed by atoms with Crippen LogP contribution in [0.15, 0.2) is 24.3 Å². The molecule has 104 valence electrons. The number of hydrogen-bond acceptors (Lipinski definition) is 4. The predicted octanol–water partition coefficient (Wildman–Crippen LogP) is 1.22. The van der Waals surface area contributed by atoms with Gasteiger partial charge in [0.1, 0.15) is 11.5 Å². The van der Waals surface area contributed by atoms with E-state index in [4.69, 9.17) is 14.6 Å². The van der Waals surface area contributed by atoms with Crippen molar-refractivity contribution < 1.29 is 19.4 Å². The Morgan fingerprint density at radius 1 is 1.37 bits per heavy atom. The van der Waals surface area contributed by atoms with Gasteiger partial charge >= 0.3 is 0 Å². The van der Waals surface area contributed by atoms with Crippen molar-refractivity contribution >= 4 is 11.5 Å². The molecule has 1 aromatic carbocycles. The lowest BCUT2D eigenvalue weighted by Crippen LogP contribution is -2.24. The highest BCUT2D eigenvalue weighted by molar-refractivity contribution is 5.95. The fourth-order valence-electron chi connectivity index (χ4n) is 1.63. The fraction of sp³-hybridized carbons (Fsp3) is 0.357. The van der Waals surface area contributed by atoms with Gasteiger partial charge in [-0.25, -0.2) is 0 Å². The number of methoxy groups -OCH3 is 2. The Bertz CT molecular complexity index is 469. The van der Waals surface area contributed by atoms with Crippen molar-refractivity contribution in [2.75, 3.05) is 27.4 Å². The Kier molecular flexibility index (Phi) is 5.89. The molecule has 0 atom stereocenters. The van der Waals surface area contributed by atoms with Gasteiger partial charge in [-0.15, -0.1) is 0 Å². The molecule has 0 heterocycles. The first-order chi connectivity index (χ1) is 9.12. The molecule has 2 N–H and O–H groups in total. The summed E-state index contributed by atoms with van der Waals surface area (Å²) in [6, 6.07) is 5.40. The van der Waals surface area contributed by atoms with E-state index in [2.05, 4.69) is 5.32 Å². The molecule has 19 heavy (non-hydrogen) atoms. The fourth-order valence-corrected chi connectivity index (χ4v) is 1.63. The molecule has 0 saturated carbocycles. The molecule has 0 unspecified atom stereocenters. The van der Waals surface area contributed by atoms with Crippen LogP contribution in [0.1, 0.15) is 12.5 Å². The molecule has 0 aliphatic carbocycles. The number of ether oxygens (including phenoxy) is 2. The largest absolute Gasteiger partial charge is 0.497 e. The molecule has 0 saturated heterocycles. The van der Waals surface area contributed by atoms with Crippen LogP contribution in [-0.4, -0.2) is 38.4 Å². The number of aliphatic hydroxyl groups excluding tert-OH is 1. The molecule has 5 heteroatoms. The van der Waals surface area contributed by atoms with Crippen molar-refractivity contribution in [3.8, 4) is 11.5 Å². The lowest BCUT2D eigenvalue weighted by atomic mass is 10.1. The van der Waals surface area contributed by atoms with Gasteiger partial charge in [-0.1, -0.05) is 0 Å². The van der Waals surface area contributed by atoms with E-state index in [1.54, 1.807) is 26.4 Å². The Hall–Kier alpha value is -2.01. The van der Waals surface area contributed by atoms with E-state index in [0.717, 1.165) is 11.1 Å². The van der Waals surface area contributed by atoms with Crippen molar-refractivity contribution in [2.24, 2.45) is 0 Å². The molecule has 0 aliphatic rings. The van der Waals surface area contributed by atoms with Crippen LogP contribution in [0, 0.1) is 0 Å². The predicted molar refractivity (Wildman–Crippen MR) is 73.3 cm³/mol. The zero-order valence-corrected chi connectivity index (χ0v) is 11.4.